The van der Waals surface area contributed by atoms with Gasteiger partial charge < -0.3 is 19.9 Å². The third-order valence-electron chi connectivity index (χ3n) is 5.08. The number of carbonyl (C=O) groups is 3. The van der Waals surface area contributed by atoms with Gasteiger partial charge in [-0.25, -0.2) is 14.6 Å². The lowest BCUT2D eigenvalue weighted by Crippen LogP contribution is -2.51. The van der Waals surface area contributed by atoms with Crippen LogP contribution in [0.1, 0.15) is 23.7 Å². The van der Waals surface area contributed by atoms with E-state index in [9.17, 15) is 14.4 Å². The van der Waals surface area contributed by atoms with Crippen LogP contribution in [0.4, 0.5) is 20.4 Å². The van der Waals surface area contributed by atoms with Crippen molar-refractivity contribution in [3.05, 3.63) is 40.4 Å². The molecule has 1 fully saturated rings. The number of piperazine rings is 1. The molecule has 0 aliphatic carbocycles. The normalized spacial score (nSPS) is 13.6. The second-order valence-corrected chi connectivity index (χ2v) is 8.08. The summed E-state index contributed by atoms with van der Waals surface area (Å²) in [6.45, 7) is 7.74. The van der Waals surface area contributed by atoms with Crippen LogP contribution < -0.4 is 10.6 Å². The molecule has 1 aliphatic heterocycles. The molecule has 0 atom stereocenters. The Bertz CT molecular complexity index is 953. The molecular weight excluding hydrogens is 418 g/mol. The van der Waals surface area contributed by atoms with Crippen LogP contribution in [0.2, 0.25) is 0 Å². The number of aryl methyl sites for hydroxylation is 1. The molecule has 1 saturated heterocycles. The van der Waals surface area contributed by atoms with Crippen LogP contribution >= 0.6 is 11.3 Å². The molecule has 166 valence electrons. The second-order valence-electron chi connectivity index (χ2n) is 7.22. The lowest BCUT2D eigenvalue weighted by Gasteiger charge is -2.33. The maximum absolute atomic E-state index is 12.5. The predicted octanol–water partition coefficient (Wildman–Crippen LogP) is 3.25. The van der Waals surface area contributed by atoms with Gasteiger partial charge in [0, 0.05) is 37.2 Å². The number of ether oxygens (including phenoxy) is 1. The largest absolute Gasteiger partial charge is 0.450 e. The van der Waals surface area contributed by atoms with Gasteiger partial charge in [-0.3, -0.25) is 10.1 Å². The minimum Gasteiger partial charge on any atom is -0.450 e. The van der Waals surface area contributed by atoms with Crippen molar-refractivity contribution in [3.63, 3.8) is 0 Å². The van der Waals surface area contributed by atoms with Gasteiger partial charge in [0.2, 0.25) is 5.91 Å². The monoisotopic (exact) mass is 445 g/mol. The van der Waals surface area contributed by atoms with E-state index in [1.54, 1.807) is 22.1 Å². The molecule has 2 aromatic rings. The molecule has 3 rings (SSSR count). The summed E-state index contributed by atoms with van der Waals surface area (Å²) in [7, 11) is 0. The Morgan fingerprint density at radius 1 is 1.10 bits per heavy atom. The van der Waals surface area contributed by atoms with Crippen LogP contribution in [0.15, 0.2) is 23.6 Å². The number of hydrogen-bond donors (Lipinski definition) is 2. The first kappa shape index (κ1) is 22.5. The predicted molar refractivity (Wildman–Crippen MR) is 120 cm³/mol. The maximum atomic E-state index is 12.5. The van der Waals surface area contributed by atoms with Crippen LogP contribution in [0.25, 0.3) is 0 Å². The van der Waals surface area contributed by atoms with Gasteiger partial charge >= 0.3 is 12.1 Å². The number of nitrogens with one attached hydrogen (secondary N) is 2. The molecule has 0 bridgehead atoms. The summed E-state index contributed by atoms with van der Waals surface area (Å²) < 4.78 is 4.98. The highest BCUT2D eigenvalue weighted by atomic mass is 32.1. The highest BCUT2D eigenvalue weighted by molar-refractivity contribution is 7.13. The number of anilines is 2. The van der Waals surface area contributed by atoms with Crippen LogP contribution in [0, 0.1) is 13.8 Å². The van der Waals surface area contributed by atoms with Gasteiger partial charge in [-0.2, -0.15) is 0 Å². The number of urea groups is 1. The highest BCUT2D eigenvalue weighted by Gasteiger charge is 2.25. The minimum atomic E-state index is -0.355. The third kappa shape index (κ3) is 5.94. The van der Waals surface area contributed by atoms with E-state index < -0.39 is 0 Å². The van der Waals surface area contributed by atoms with Crippen molar-refractivity contribution >= 4 is 40.2 Å². The zero-order chi connectivity index (χ0) is 22.4. The molecule has 0 spiro atoms. The molecule has 0 saturated carbocycles. The topological polar surface area (TPSA) is 104 Å². The lowest BCUT2D eigenvalue weighted by atomic mass is 10.1. The SMILES string of the molecule is CCOC(=O)N1CCN(C(=O)Nc2nc(CC(=O)Nc3cccc(C)c3C)cs2)CC1. The average molecular weight is 446 g/mol. The minimum absolute atomic E-state index is 0.123. The molecule has 0 radical (unpaired) electrons. The van der Waals surface area contributed by atoms with E-state index in [2.05, 4.69) is 15.6 Å². The van der Waals surface area contributed by atoms with Crippen molar-refractivity contribution in [1.29, 1.82) is 0 Å². The molecule has 4 amide bonds. The van der Waals surface area contributed by atoms with Crippen molar-refractivity contribution < 1.29 is 19.1 Å². The summed E-state index contributed by atoms with van der Waals surface area (Å²) >= 11 is 1.27. The van der Waals surface area contributed by atoms with Gasteiger partial charge in [-0.15, -0.1) is 11.3 Å². The molecule has 2 heterocycles. The molecule has 0 unspecified atom stereocenters. The first-order chi connectivity index (χ1) is 14.9. The van der Waals surface area contributed by atoms with Crippen LogP contribution in [-0.4, -0.2) is 65.6 Å². The summed E-state index contributed by atoms with van der Waals surface area (Å²) in [5.41, 5.74) is 3.52. The highest BCUT2D eigenvalue weighted by Crippen LogP contribution is 2.20. The molecule has 2 N–H and O–H groups in total. The van der Waals surface area contributed by atoms with Crippen molar-refractivity contribution in [1.82, 2.24) is 14.8 Å². The fraction of sp³-hybridized carbons (Fsp3) is 0.429. The van der Waals surface area contributed by atoms with Crippen LogP contribution in [-0.2, 0) is 16.0 Å². The van der Waals surface area contributed by atoms with Gasteiger partial charge in [0.25, 0.3) is 0 Å². The van der Waals surface area contributed by atoms with Gasteiger partial charge in [-0.05, 0) is 38.0 Å². The van der Waals surface area contributed by atoms with E-state index in [0.29, 0.717) is 43.6 Å². The van der Waals surface area contributed by atoms with E-state index in [1.165, 1.54) is 11.3 Å². The third-order valence-corrected chi connectivity index (χ3v) is 5.89. The zero-order valence-corrected chi connectivity index (χ0v) is 18.8. The molecule has 10 heteroatoms. The number of amides is 4. The molecule has 1 aliphatic rings. The standard InChI is InChI=1S/C21H27N5O4S/c1-4-30-21(29)26-10-8-25(9-11-26)20(28)24-19-22-16(13-31-19)12-18(27)23-17-7-5-6-14(2)15(17)3/h5-7,13H,4,8-12H2,1-3H3,(H,23,27)(H,22,24,28). The van der Waals surface area contributed by atoms with Crippen LogP contribution in [0.5, 0.6) is 0 Å². The average Bonchev–Trinajstić information content (AvgIpc) is 3.18. The summed E-state index contributed by atoms with van der Waals surface area (Å²) in [6, 6.07) is 5.50. The number of benzene rings is 1. The van der Waals surface area contributed by atoms with Crippen molar-refractivity contribution in [3.8, 4) is 0 Å². The van der Waals surface area contributed by atoms with Crippen molar-refractivity contribution in [2.24, 2.45) is 0 Å². The Balaban J connectivity index is 1.48. The molecule has 1 aromatic carbocycles. The molecule has 9 nitrogen and oxygen atoms in total. The van der Waals surface area contributed by atoms with E-state index in [4.69, 9.17) is 4.74 Å². The van der Waals surface area contributed by atoms with Gasteiger partial charge in [0.15, 0.2) is 5.13 Å². The molecular formula is C21H27N5O4S. The van der Waals surface area contributed by atoms with E-state index >= 15 is 0 Å². The van der Waals surface area contributed by atoms with Gasteiger partial charge in [0.1, 0.15) is 0 Å². The Kier molecular flexibility index (Phi) is 7.45. The Labute approximate surface area is 185 Å². The van der Waals surface area contributed by atoms with E-state index in [1.807, 2.05) is 32.0 Å². The fourth-order valence-electron chi connectivity index (χ4n) is 3.17. The number of carbonyl (C=O) groups excluding carboxylic acids is 3. The zero-order valence-electron chi connectivity index (χ0n) is 17.9. The Morgan fingerprint density at radius 3 is 2.52 bits per heavy atom. The van der Waals surface area contributed by atoms with Crippen molar-refractivity contribution in [2.45, 2.75) is 27.2 Å². The fourth-order valence-corrected chi connectivity index (χ4v) is 3.87. The smallest absolute Gasteiger partial charge is 0.409 e. The Morgan fingerprint density at radius 2 is 1.81 bits per heavy atom. The first-order valence-corrected chi connectivity index (χ1v) is 11.0. The van der Waals surface area contributed by atoms with Crippen LogP contribution in [0.3, 0.4) is 0 Å². The number of hydrogen-bond acceptors (Lipinski definition) is 6. The molecule has 1 aromatic heterocycles. The number of aromatic nitrogens is 1. The Hall–Kier alpha value is -3.14. The van der Waals surface area contributed by atoms with Gasteiger partial charge in [-0.1, -0.05) is 12.1 Å². The van der Waals surface area contributed by atoms with Crippen molar-refractivity contribution in [2.75, 3.05) is 43.4 Å². The number of nitrogens with zero attached hydrogens (tertiary/aromatic N) is 3. The first-order valence-electron chi connectivity index (χ1n) is 10.2. The summed E-state index contributed by atoms with van der Waals surface area (Å²) in [6.07, 6.45) is -0.232. The lowest BCUT2D eigenvalue weighted by molar-refractivity contribution is -0.115. The summed E-state index contributed by atoms with van der Waals surface area (Å²) in [5, 5.41) is 7.88. The molecule has 31 heavy (non-hydrogen) atoms. The number of rotatable bonds is 5. The van der Waals surface area contributed by atoms with Gasteiger partial charge in [0.05, 0.1) is 18.7 Å². The number of thiazole rings is 1. The van der Waals surface area contributed by atoms with E-state index in [0.717, 1.165) is 16.8 Å². The quantitative estimate of drug-likeness (QED) is 0.735. The summed E-state index contributed by atoms with van der Waals surface area (Å²) in [5.74, 6) is -0.160. The maximum Gasteiger partial charge on any atom is 0.409 e. The van der Waals surface area contributed by atoms with E-state index in [-0.39, 0.29) is 24.5 Å². The summed E-state index contributed by atoms with van der Waals surface area (Å²) in [4.78, 5) is 44.2. The second kappa shape index (κ2) is 10.3.